The summed E-state index contributed by atoms with van der Waals surface area (Å²) >= 11 is 0. The summed E-state index contributed by atoms with van der Waals surface area (Å²) in [6.45, 7) is 4.74. The van der Waals surface area contributed by atoms with Gasteiger partial charge in [0.1, 0.15) is 0 Å². The number of aromatic nitrogens is 3. The molecule has 1 aromatic heterocycles. The maximum atomic E-state index is 5.22. The van der Waals surface area contributed by atoms with Gasteiger partial charge in [0.05, 0.1) is 0 Å². The van der Waals surface area contributed by atoms with Gasteiger partial charge in [0, 0.05) is 28.0 Å². The maximum absolute atomic E-state index is 5.22. The molecule has 58 heavy (non-hydrogen) atoms. The highest BCUT2D eigenvalue weighted by atomic mass is 15.0. The average molecular weight is 742 g/mol. The molecule has 0 saturated heterocycles. The van der Waals surface area contributed by atoms with Crippen molar-refractivity contribution >= 4 is 0 Å². The molecule has 11 rings (SSSR count). The molecule has 0 aliphatic heterocycles. The van der Waals surface area contributed by atoms with Crippen LogP contribution in [0.2, 0.25) is 0 Å². The van der Waals surface area contributed by atoms with E-state index in [1.165, 1.54) is 50.1 Å². The summed E-state index contributed by atoms with van der Waals surface area (Å²) in [4.78, 5) is 15.5. The van der Waals surface area contributed by atoms with Crippen LogP contribution in [0, 0.1) is 0 Å². The number of fused-ring (bicyclic) bond motifs is 7. The van der Waals surface area contributed by atoms with Crippen LogP contribution >= 0.6 is 0 Å². The summed E-state index contributed by atoms with van der Waals surface area (Å²) in [7, 11) is 0. The van der Waals surface area contributed by atoms with Crippen molar-refractivity contribution in [3.63, 3.8) is 0 Å². The Bertz CT molecular complexity index is 2890. The number of rotatable bonds is 6. The second-order valence-electron chi connectivity index (χ2n) is 15.9. The fourth-order valence-corrected chi connectivity index (χ4v) is 9.54. The van der Waals surface area contributed by atoms with Crippen LogP contribution < -0.4 is 0 Å². The van der Waals surface area contributed by atoms with E-state index < -0.39 is 0 Å². The van der Waals surface area contributed by atoms with E-state index in [1.807, 2.05) is 36.4 Å². The number of hydrogen-bond acceptors (Lipinski definition) is 3. The molecule has 8 aromatic carbocycles. The van der Waals surface area contributed by atoms with E-state index in [1.54, 1.807) is 0 Å². The van der Waals surface area contributed by atoms with Crippen molar-refractivity contribution in [1.82, 2.24) is 15.0 Å². The van der Waals surface area contributed by atoms with E-state index in [0.717, 1.165) is 38.9 Å². The second-order valence-corrected chi connectivity index (χ2v) is 15.9. The summed E-state index contributed by atoms with van der Waals surface area (Å²) in [6, 6.07) is 69.7. The van der Waals surface area contributed by atoms with Crippen molar-refractivity contribution in [2.75, 3.05) is 0 Å². The van der Waals surface area contributed by atoms with Gasteiger partial charge in [0.15, 0.2) is 17.5 Å². The Morgan fingerprint density at radius 2 is 0.793 bits per heavy atom. The highest BCUT2D eigenvalue weighted by Gasteiger charge is 2.42. The molecule has 0 saturated carbocycles. The van der Waals surface area contributed by atoms with Crippen LogP contribution in [0.4, 0.5) is 0 Å². The molecule has 3 nitrogen and oxygen atoms in total. The van der Waals surface area contributed by atoms with Crippen molar-refractivity contribution in [3.05, 3.63) is 222 Å². The van der Waals surface area contributed by atoms with Gasteiger partial charge in [0.2, 0.25) is 0 Å². The van der Waals surface area contributed by atoms with Crippen molar-refractivity contribution in [2.45, 2.75) is 25.2 Å². The summed E-state index contributed by atoms with van der Waals surface area (Å²) in [5, 5.41) is 0. The predicted molar refractivity (Wildman–Crippen MR) is 237 cm³/mol. The summed E-state index contributed by atoms with van der Waals surface area (Å²) in [5.41, 5.74) is 19.5. The molecule has 1 atom stereocenters. The first-order valence-corrected chi connectivity index (χ1v) is 20.1. The highest BCUT2D eigenvalue weighted by molar-refractivity contribution is 6.00. The normalized spacial score (nSPS) is 14.3. The quantitative estimate of drug-likeness (QED) is 0.170. The third-order valence-electron chi connectivity index (χ3n) is 12.2. The first-order chi connectivity index (χ1) is 28.5. The zero-order chi connectivity index (χ0) is 38.8. The third kappa shape index (κ3) is 5.38. The molecule has 0 fully saturated rings. The van der Waals surface area contributed by atoms with Crippen molar-refractivity contribution in [1.29, 1.82) is 0 Å². The zero-order valence-corrected chi connectivity index (χ0v) is 32.4. The molecule has 0 amide bonds. The van der Waals surface area contributed by atoms with E-state index in [4.69, 9.17) is 15.0 Å². The molecular weight excluding hydrogens is 703 g/mol. The molecule has 0 N–H and O–H groups in total. The van der Waals surface area contributed by atoms with E-state index in [9.17, 15) is 0 Å². The van der Waals surface area contributed by atoms with Gasteiger partial charge in [-0.1, -0.05) is 196 Å². The summed E-state index contributed by atoms with van der Waals surface area (Å²) in [6.07, 6.45) is 0. The Balaban J connectivity index is 1.22. The van der Waals surface area contributed by atoms with Gasteiger partial charge >= 0.3 is 0 Å². The molecular formula is C55H39N3. The fourth-order valence-electron chi connectivity index (χ4n) is 9.54. The molecule has 0 spiro atoms. The van der Waals surface area contributed by atoms with Gasteiger partial charge in [-0.2, -0.15) is 0 Å². The summed E-state index contributed by atoms with van der Waals surface area (Å²) < 4.78 is 0. The van der Waals surface area contributed by atoms with Crippen molar-refractivity contribution < 1.29 is 0 Å². The SMILES string of the molecule is CC1(C)c2ccccc2-c2c1ccc1c2-c2ccccc2C1c1c(-c2ccccc2)cc(-c2nc(-c3ccccc3)nc(-c3ccccc3)n2)cc1-c1ccccc1. The van der Waals surface area contributed by atoms with Gasteiger partial charge in [0.25, 0.3) is 0 Å². The van der Waals surface area contributed by atoms with E-state index in [0.29, 0.717) is 17.5 Å². The topological polar surface area (TPSA) is 38.7 Å². The Morgan fingerprint density at radius 1 is 0.345 bits per heavy atom. The van der Waals surface area contributed by atoms with Crippen LogP contribution in [-0.2, 0) is 5.41 Å². The number of benzene rings is 8. The van der Waals surface area contributed by atoms with Crippen LogP contribution in [0.15, 0.2) is 194 Å². The summed E-state index contributed by atoms with van der Waals surface area (Å²) in [5.74, 6) is 1.90. The molecule has 274 valence electrons. The Labute approximate surface area is 339 Å². The lowest BCUT2D eigenvalue weighted by molar-refractivity contribution is 0.660. The number of nitrogens with zero attached hydrogens (tertiary/aromatic N) is 3. The Morgan fingerprint density at radius 3 is 1.34 bits per heavy atom. The van der Waals surface area contributed by atoms with Gasteiger partial charge in [-0.3, -0.25) is 0 Å². The van der Waals surface area contributed by atoms with Gasteiger partial charge in [-0.25, -0.2) is 15.0 Å². The molecule has 9 aromatic rings. The average Bonchev–Trinajstić information content (AvgIpc) is 3.75. The lowest BCUT2D eigenvalue weighted by Crippen LogP contribution is -2.15. The molecule has 0 bridgehead atoms. The van der Waals surface area contributed by atoms with Gasteiger partial charge in [-0.15, -0.1) is 0 Å². The molecule has 2 aliphatic rings. The fraction of sp³-hybridized carbons (Fsp3) is 0.0727. The molecule has 1 heterocycles. The van der Waals surface area contributed by atoms with E-state index in [-0.39, 0.29) is 11.3 Å². The Kier molecular flexibility index (Phi) is 7.90. The lowest BCUT2D eigenvalue weighted by Gasteiger charge is -2.25. The van der Waals surface area contributed by atoms with Crippen molar-refractivity contribution in [3.8, 4) is 78.7 Å². The predicted octanol–water partition coefficient (Wildman–Crippen LogP) is 13.7. The van der Waals surface area contributed by atoms with Crippen LogP contribution in [0.3, 0.4) is 0 Å². The first kappa shape index (κ1) is 34.1. The van der Waals surface area contributed by atoms with Gasteiger partial charge < -0.3 is 0 Å². The standard InChI is InChI=1S/C55H39N3/c1-55(2)46-30-18-17-29-42(46)51-47(55)32-31-43-48(40-27-15-16-28-41(40)49(43)51)50-44(35-19-7-3-8-20-35)33-39(34-45(50)36-21-9-4-10-22-36)54-57-52(37-23-11-5-12-24-37)56-53(58-54)38-25-13-6-14-26-38/h3-34,48H,1-2H3. The van der Waals surface area contributed by atoms with E-state index in [2.05, 4.69) is 172 Å². The van der Waals surface area contributed by atoms with Crippen LogP contribution in [-0.4, -0.2) is 15.0 Å². The first-order valence-electron chi connectivity index (χ1n) is 20.1. The zero-order valence-electron chi connectivity index (χ0n) is 32.4. The smallest absolute Gasteiger partial charge is 0.164 e. The maximum Gasteiger partial charge on any atom is 0.164 e. The highest BCUT2D eigenvalue weighted by Crippen LogP contribution is 2.60. The van der Waals surface area contributed by atoms with E-state index >= 15 is 0 Å². The molecule has 1 unspecified atom stereocenters. The third-order valence-corrected chi connectivity index (χ3v) is 12.2. The second kappa shape index (κ2) is 13.5. The van der Waals surface area contributed by atoms with Crippen LogP contribution in [0.5, 0.6) is 0 Å². The van der Waals surface area contributed by atoms with Crippen molar-refractivity contribution in [2.24, 2.45) is 0 Å². The van der Waals surface area contributed by atoms with Crippen LogP contribution in [0.1, 0.15) is 47.6 Å². The molecule has 2 aliphatic carbocycles. The molecule has 0 radical (unpaired) electrons. The minimum Gasteiger partial charge on any atom is -0.208 e. The molecule has 3 heteroatoms. The lowest BCUT2D eigenvalue weighted by atomic mass is 9.78. The monoisotopic (exact) mass is 741 g/mol. The van der Waals surface area contributed by atoms with Gasteiger partial charge in [-0.05, 0) is 84.5 Å². The minimum atomic E-state index is -0.0955. The van der Waals surface area contributed by atoms with Crippen LogP contribution in [0.25, 0.3) is 78.7 Å². The Hall–Kier alpha value is -7.23. The largest absolute Gasteiger partial charge is 0.208 e. The number of hydrogen-bond donors (Lipinski definition) is 0. The minimum absolute atomic E-state index is 0.0232.